The highest BCUT2D eigenvalue weighted by Gasteiger charge is 2.21. The first kappa shape index (κ1) is 13.5. The molecule has 0 heterocycles. The average Bonchev–Trinajstić information content (AvgIpc) is 2.20. The molecule has 0 bridgehead atoms. The maximum Gasteiger partial charge on any atom is 0.0469 e. The van der Waals surface area contributed by atoms with Gasteiger partial charge >= 0.3 is 0 Å². The summed E-state index contributed by atoms with van der Waals surface area (Å²) in [5, 5.41) is 0. The molecule has 1 aliphatic rings. The van der Waals surface area contributed by atoms with Crippen LogP contribution in [0.25, 0.3) is 0 Å². The van der Waals surface area contributed by atoms with Crippen molar-refractivity contribution in [2.75, 3.05) is 13.2 Å². The number of hydrogen-bond donors (Lipinski definition) is 0. The molecule has 0 aliphatic heterocycles. The number of hydrogen-bond acceptors (Lipinski definition) is 1. The van der Waals surface area contributed by atoms with E-state index < -0.39 is 0 Å². The summed E-state index contributed by atoms with van der Waals surface area (Å²) < 4.78 is 5.67. The van der Waals surface area contributed by atoms with Crippen molar-refractivity contribution in [1.82, 2.24) is 0 Å². The van der Waals surface area contributed by atoms with Crippen molar-refractivity contribution < 1.29 is 4.74 Å². The molecule has 15 heavy (non-hydrogen) atoms. The zero-order chi connectivity index (χ0) is 11.1. The predicted octanol–water partition coefficient (Wildman–Crippen LogP) is 4.39. The van der Waals surface area contributed by atoms with Gasteiger partial charge in [-0.1, -0.05) is 42.6 Å². The zero-order valence-electron chi connectivity index (χ0n) is 10.2. The number of alkyl halides is 1. The maximum absolute atomic E-state index is 5.67. The summed E-state index contributed by atoms with van der Waals surface area (Å²) in [5.41, 5.74) is 0. The SMILES string of the molecule is CC(C)CCOCCC1CCCCC1Br. The third kappa shape index (κ3) is 5.91. The minimum absolute atomic E-state index is 0.750. The molecule has 2 heteroatoms. The van der Waals surface area contributed by atoms with Crippen molar-refractivity contribution in [1.29, 1.82) is 0 Å². The highest BCUT2D eigenvalue weighted by Crippen LogP contribution is 2.32. The molecular weight excluding hydrogens is 252 g/mol. The van der Waals surface area contributed by atoms with Crippen molar-refractivity contribution >= 4 is 15.9 Å². The molecule has 0 aromatic rings. The van der Waals surface area contributed by atoms with E-state index in [4.69, 9.17) is 4.74 Å². The Morgan fingerprint density at radius 2 is 1.93 bits per heavy atom. The van der Waals surface area contributed by atoms with E-state index in [2.05, 4.69) is 29.8 Å². The van der Waals surface area contributed by atoms with Gasteiger partial charge in [-0.2, -0.15) is 0 Å². The normalized spacial score (nSPS) is 27.2. The van der Waals surface area contributed by atoms with Gasteiger partial charge in [-0.15, -0.1) is 0 Å². The lowest BCUT2D eigenvalue weighted by atomic mass is 9.87. The number of ether oxygens (including phenoxy) is 1. The molecule has 0 aromatic heterocycles. The Morgan fingerprint density at radius 1 is 1.20 bits per heavy atom. The minimum Gasteiger partial charge on any atom is -0.381 e. The molecule has 0 N–H and O–H groups in total. The first-order valence-corrected chi connectivity index (χ1v) is 7.33. The van der Waals surface area contributed by atoms with Crippen LogP contribution in [0.2, 0.25) is 0 Å². The van der Waals surface area contributed by atoms with Crippen LogP contribution in [-0.4, -0.2) is 18.0 Å². The van der Waals surface area contributed by atoms with Crippen LogP contribution >= 0.6 is 15.9 Å². The Kier molecular flexibility index (Phi) is 6.91. The van der Waals surface area contributed by atoms with Crippen molar-refractivity contribution in [3.63, 3.8) is 0 Å². The summed E-state index contributed by atoms with van der Waals surface area (Å²) >= 11 is 3.79. The molecule has 0 aromatic carbocycles. The van der Waals surface area contributed by atoms with Gasteiger partial charge in [0, 0.05) is 18.0 Å². The van der Waals surface area contributed by atoms with Gasteiger partial charge in [0.1, 0.15) is 0 Å². The molecule has 0 saturated heterocycles. The monoisotopic (exact) mass is 276 g/mol. The molecular formula is C13H25BrO. The van der Waals surface area contributed by atoms with Gasteiger partial charge in [0.2, 0.25) is 0 Å². The van der Waals surface area contributed by atoms with Crippen LogP contribution in [-0.2, 0) is 4.74 Å². The second-order valence-electron chi connectivity index (χ2n) is 5.14. The van der Waals surface area contributed by atoms with Crippen LogP contribution in [0.15, 0.2) is 0 Å². The molecule has 2 unspecified atom stereocenters. The highest BCUT2D eigenvalue weighted by atomic mass is 79.9. The van der Waals surface area contributed by atoms with Crippen molar-refractivity contribution in [2.24, 2.45) is 11.8 Å². The van der Waals surface area contributed by atoms with Crippen molar-refractivity contribution in [3.05, 3.63) is 0 Å². The summed E-state index contributed by atoms with van der Waals surface area (Å²) in [5.74, 6) is 1.63. The third-order valence-electron chi connectivity index (χ3n) is 3.29. The van der Waals surface area contributed by atoms with Gasteiger partial charge in [0.25, 0.3) is 0 Å². The van der Waals surface area contributed by atoms with Gasteiger partial charge in [0.05, 0.1) is 0 Å². The van der Waals surface area contributed by atoms with Gasteiger partial charge in [-0.3, -0.25) is 0 Å². The standard InChI is InChI=1S/C13H25BrO/c1-11(2)7-9-15-10-8-12-5-3-4-6-13(12)14/h11-13H,3-10H2,1-2H3. The van der Waals surface area contributed by atoms with Crippen molar-refractivity contribution in [2.45, 2.75) is 57.2 Å². The first-order chi connectivity index (χ1) is 7.20. The van der Waals surface area contributed by atoms with E-state index in [9.17, 15) is 0 Å². The van der Waals surface area contributed by atoms with Crippen LogP contribution in [0, 0.1) is 11.8 Å². The molecule has 1 saturated carbocycles. The lowest BCUT2D eigenvalue weighted by Crippen LogP contribution is -2.20. The van der Waals surface area contributed by atoms with E-state index in [1.54, 1.807) is 0 Å². The topological polar surface area (TPSA) is 9.23 Å². The molecule has 1 fully saturated rings. The van der Waals surface area contributed by atoms with E-state index in [1.165, 1.54) is 38.5 Å². The van der Waals surface area contributed by atoms with E-state index in [0.29, 0.717) is 0 Å². The van der Waals surface area contributed by atoms with Gasteiger partial charge in [-0.25, -0.2) is 0 Å². The second-order valence-corrected chi connectivity index (χ2v) is 6.32. The average molecular weight is 277 g/mol. The Bertz CT molecular complexity index is 159. The Morgan fingerprint density at radius 3 is 2.60 bits per heavy atom. The molecule has 1 nitrogen and oxygen atoms in total. The molecule has 90 valence electrons. The second kappa shape index (κ2) is 7.67. The predicted molar refractivity (Wildman–Crippen MR) is 69.6 cm³/mol. The van der Waals surface area contributed by atoms with E-state index in [0.717, 1.165) is 29.9 Å². The van der Waals surface area contributed by atoms with Crippen LogP contribution in [0.4, 0.5) is 0 Å². The van der Waals surface area contributed by atoms with Crippen LogP contribution < -0.4 is 0 Å². The summed E-state index contributed by atoms with van der Waals surface area (Å²) in [6, 6.07) is 0. The largest absolute Gasteiger partial charge is 0.381 e. The van der Waals surface area contributed by atoms with Crippen LogP contribution in [0.5, 0.6) is 0 Å². The number of rotatable bonds is 6. The summed E-state index contributed by atoms with van der Waals surface area (Å²) in [4.78, 5) is 0.750. The lowest BCUT2D eigenvalue weighted by molar-refractivity contribution is 0.106. The fraction of sp³-hybridized carbons (Fsp3) is 1.00. The van der Waals surface area contributed by atoms with Gasteiger partial charge in [-0.05, 0) is 37.5 Å². The molecule has 1 aliphatic carbocycles. The van der Waals surface area contributed by atoms with Gasteiger partial charge in [0.15, 0.2) is 0 Å². The minimum atomic E-state index is 0.750. The fourth-order valence-electron chi connectivity index (χ4n) is 2.14. The van der Waals surface area contributed by atoms with E-state index >= 15 is 0 Å². The van der Waals surface area contributed by atoms with Crippen LogP contribution in [0.1, 0.15) is 52.4 Å². The molecule has 1 rings (SSSR count). The third-order valence-corrected chi connectivity index (χ3v) is 4.49. The summed E-state index contributed by atoms with van der Waals surface area (Å²) in [6.45, 7) is 6.40. The fourth-order valence-corrected chi connectivity index (χ4v) is 3.00. The van der Waals surface area contributed by atoms with E-state index in [-0.39, 0.29) is 0 Å². The van der Waals surface area contributed by atoms with E-state index in [1.807, 2.05) is 0 Å². The smallest absolute Gasteiger partial charge is 0.0469 e. The lowest BCUT2D eigenvalue weighted by Gasteiger charge is -2.27. The quantitative estimate of drug-likeness (QED) is 0.516. The Hall–Kier alpha value is 0.440. The highest BCUT2D eigenvalue weighted by molar-refractivity contribution is 9.09. The molecule has 0 amide bonds. The summed E-state index contributed by atoms with van der Waals surface area (Å²) in [7, 11) is 0. The summed E-state index contributed by atoms with van der Waals surface area (Å²) in [6.07, 6.45) is 8.01. The molecule has 0 spiro atoms. The Balaban J connectivity index is 1.99. The zero-order valence-corrected chi connectivity index (χ0v) is 11.8. The van der Waals surface area contributed by atoms with Crippen LogP contribution in [0.3, 0.4) is 0 Å². The first-order valence-electron chi connectivity index (χ1n) is 6.42. The maximum atomic E-state index is 5.67. The molecule has 2 atom stereocenters. The number of halogens is 1. The van der Waals surface area contributed by atoms with Gasteiger partial charge < -0.3 is 4.74 Å². The van der Waals surface area contributed by atoms with Crippen molar-refractivity contribution in [3.8, 4) is 0 Å². The molecule has 0 radical (unpaired) electrons. The Labute approximate surface area is 103 Å².